The van der Waals surface area contributed by atoms with Crippen LogP contribution in [0.2, 0.25) is 0 Å². The first kappa shape index (κ1) is 12.3. The monoisotopic (exact) mass is 235 g/mol. The Morgan fingerprint density at radius 1 is 1.53 bits per heavy atom. The number of nitrogens with zero attached hydrogens (tertiary/aromatic N) is 2. The summed E-state index contributed by atoms with van der Waals surface area (Å²) in [6.07, 6.45) is 4.50. The quantitative estimate of drug-likeness (QED) is 0.834. The average Bonchev–Trinajstić information content (AvgIpc) is 2.76. The minimum atomic E-state index is 0.671. The van der Waals surface area contributed by atoms with Crippen molar-refractivity contribution in [3.05, 3.63) is 23.9 Å². The Bertz CT molecular complexity index is 339. The second-order valence-electron chi connectivity index (χ2n) is 4.62. The molecule has 1 N–H and O–H groups in total. The van der Waals surface area contributed by atoms with E-state index in [0.29, 0.717) is 11.9 Å². The lowest BCUT2D eigenvalue weighted by Gasteiger charge is -2.19. The van der Waals surface area contributed by atoms with Crippen molar-refractivity contribution < 1.29 is 4.74 Å². The number of likely N-dealkylation sites (N-methyl/N-ethyl adjacent to an activating group) is 1. The number of aromatic nitrogens is 1. The van der Waals surface area contributed by atoms with Gasteiger partial charge in [-0.15, -0.1) is 0 Å². The Morgan fingerprint density at radius 3 is 3.00 bits per heavy atom. The number of rotatable bonds is 5. The number of likely N-dealkylation sites (tertiary alicyclic amines) is 1. The first-order valence-corrected chi connectivity index (χ1v) is 6.19. The third-order valence-electron chi connectivity index (χ3n) is 3.39. The molecule has 0 radical (unpaired) electrons. The Morgan fingerprint density at radius 2 is 2.41 bits per heavy atom. The number of ether oxygens (including phenoxy) is 1. The van der Waals surface area contributed by atoms with Gasteiger partial charge < -0.3 is 15.0 Å². The van der Waals surface area contributed by atoms with Crippen molar-refractivity contribution >= 4 is 0 Å². The smallest absolute Gasteiger partial charge is 0.212 e. The minimum Gasteiger partial charge on any atom is -0.481 e. The first-order chi connectivity index (χ1) is 8.29. The zero-order chi connectivity index (χ0) is 12.1. The molecule has 4 nitrogen and oxygen atoms in total. The van der Waals surface area contributed by atoms with E-state index in [2.05, 4.69) is 28.3 Å². The molecule has 1 fully saturated rings. The van der Waals surface area contributed by atoms with Crippen molar-refractivity contribution in [3.63, 3.8) is 0 Å². The summed E-state index contributed by atoms with van der Waals surface area (Å²) < 4.78 is 5.03. The Kier molecular flexibility index (Phi) is 4.34. The normalized spacial score (nSPS) is 20.7. The summed E-state index contributed by atoms with van der Waals surface area (Å²) in [6.45, 7) is 3.17. The van der Waals surface area contributed by atoms with Crippen molar-refractivity contribution in [3.8, 4) is 5.88 Å². The van der Waals surface area contributed by atoms with E-state index in [1.807, 2.05) is 12.3 Å². The van der Waals surface area contributed by atoms with Crippen molar-refractivity contribution in [1.82, 2.24) is 15.2 Å². The van der Waals surface area contributed by atoms with Crippen LogP contribution in [0, 0.1) is 0 Å². The standard InChI is InChI=1S/C13H21N3O/c1-16-7-3-4-12(16)10-14-8-11-5-6-13(17-2)15-9-11/h5-6,9,12,14H,3-4,7-8,10H2,1-2H3. The van der Waals surface area contributed by atoms with Gasteiger partial charge in [0.1, 0.15) is 0 Å². The van der Waals surface area contributed by atoms with Gasteiger partial charge in [0.2, 0.25) is 5.88 Å². The van der Waals surface area contributed by atoms with Gasteiger partial charge in [0, 0.05) is 31.4 Å². The van der Waals surface area contributed by atoms with E-state index in [1.165, 1.54) is 24.9 Å². The van der Waals surface area contributed by atoms with Gasteiger partial charge in [0.15, 0.2) is 0 Å². The number of nitrogens with one attached hydrogen (secondary N) is 1. The predicted molar refractivity (Wildman–Crippen MR) is 68.1 cm³/mol. The van der Waals surface area contributed by atoms with Gasteiger partial charge in [-0.25, -0.2) is 4.98 Å². The maximum absolute atomic E-state index is 5.03. The van der Waals surface area contributed by atoms with E-state index in [9.17, 15) is 0 Å². The number of methoxy groups -OCH3 is 1. The molecule has 0 aromatic carbocycles. The van der Waals surface area contributed by atoms with Crippen molar-refractivity contribution in [1.29, 1.82) is 0 Å². The molecular formula is C13H21N3O. The fraction of sp³-hybridized carbons (Fsp3) is 0.615. The van der Waals surface area contributed by atoms with Crippen LogP contribution in [0.3, 0.4) is 0 Å². The van der Waals surface area contributed by atoms with Gasteiger partial charge in [-0.2, -0.15) is 0 Å². The molecule has 1 aliphatic rings. The van der Waals surface area contributed by atoms with Gasteiger partial charge in [0.05, 0.1) is 7.11 Å². The molecule has 1 atom stereocenters. The van der Waals surface area contributed by atoms with E-state index in [1.54, 1.807) is 7.11 Å². The highest BCUT2D eigenvalue weighted by molar-refractivity contribution is 5.17. The molecular weight excluding hydrogens is 214 g/mol. The zero-order valence-electron chi connectivity index (χ0n) is 10.6. The number of hydrogen-bond donors (Lipinski definition) is 1. The highest BCUT2D eigenvalue weighted by atomic mass is 16.5. The van der Waals surface area contributed by atoms with E-state index in [4.69, 9.17) is 4.74 Å². The van der Waals surface area contributed by atoms with Crippen molar-refractivity contribution in [2.45, 2.75) is 25.4 Å². The molecule has 2 heterocycles. The molecule has 1 aromatic heterocycles. The third kappa shape index (κ3) is 3.41. The Labute approximate surface area is 103 Å². The predicted octanol–water partition coefficient (Wildman–Crippen LogP) is 1.27. The molecule has 0 saturated carbocycles. The van der Waals surface area contributed by atoms with Crippen molar-refractivity contribution in [2.75, 3.05) is 27.2 Å². The topological polar surface area (TPSA) is 37.4 Å². The SMILES string of the molecule is COc1ccc(CNCC2CCCN2C)cn1. The van der Waals surface area contributed by atoms with Gasteiger partial charge in [0.25, 0.3) is 0 Å². The highest BCUT2D eigenvalue weighted by Gasteiger charge is 2.19. The van der Waals surface area contributed by atoms with Gasteiger partial charge in [-0.3, -0.25) is 0 Å². The van der Waals surface area contributed by atoms with Gasteiger partial charge in [-0.05, 0) is 32.0 Å². The number of pyridine rings is 1. The molecule has 0 aliphatic carbocycles. The molecule has 0 spiro atoms. The molecule has 17 heavy (non-hydrogen) atoms. The fourth-order valence-corrected chi connectivity index (χ4v) is 2.26. The Balaban J connectivity index is 1.73. The van der Waals surface area contributed by atoms with Crippen LogP contribution in [0.1, 0.15) is 18.4 Å². The lowest BCUT2D eigenvalue weighted by Crippen LogP contribution is -2.35. The molecule has 1 aromatic rings. The summed E-state index contributed by atoms with van der Waals surface area (Å²) >= 11 is 0. The summed E-state index contributed by atoms with van der Waals surface area (Å²) in [5.41, 5.74) is 1.20. The van der Waals surface area contributed by atoms with Crippen LogP contribution in [-0.2, 0) is 6.54 Å². The van der Waals surface area contributed by atoms with Crippen molar-refractivity contribution in [2.24, 2.45) is 0 Å². The molecule has 1 saturated heterocycles. The summed E-state index contributed by atoms with van der Waals surface area (Å²) in [5.74, 6) is 0.671. The molecule has 1 unspecified atom stereocenters. The highest BCUT2D eigenvalue weighted by Crippen LogP contribution is 2.13. The molecule has 2 rings (SSSR count). The lowest BCUT2D eigenvalue weighted by atomic mass is 10.2. The molecule has 94 valence electrons. The van der Waals surface area contributed by atoms with Crippen LogP contribution in [0.5, 0.6) is 5.88 Å². The van der Waals surface area contributed by atoms with Crippen LogP contribution in [0.15, 0.2) is 18.3 Å². The second-order valence-corrected chi connectivity index (χ2v) is 4.62. The second kappa shape index (κ2) is 5.98. The lowest BCUT2D eigenvalue weighted by molar-refractivity contribution is 0.300. The zero-order valence-corrected chi connectivity index (χ0v) is 10.6. The van der Waals surface area contributed by atoms with E-state index in [-0.39, 0.29) is 0 Å². The summed E-state index contributed by atoms with van der Waals surface area (Å²) in [5, 5.41) is 3.49. The summed E-state index contributed by atoms with van der Waals surface area (Å²) in [6, 6.07) is 4.65. The van der Waals surface area contributed by atoms with E-state index in [0.717, 1.165) is 13.1 Å². The summed E-state index contributed by atoms with van der Waals surface area (Å²) in [4.78, 5) is 6.62. The summed E-state index contributed by atoms with van der Waals surface area (Å²) in [7, 11) is 3.84. The first-order valence-electron chi connectivity index (χ1n) is 6.19. The average molecular weight is 235 g/mol. The third-order valence-corrected chi connectivity index (χ3v) is 3.39. The maximum atomic E-state index is 5.03. The van der Waals surface area contributed by atoms with Crippen LogP contribution in [0.25, 0.3) is 0 Å². The van der Waals surface area contributed by atoms with E-state index >= 15 is 0 Å². The van der Waals surface area contributed by atoms with Crippen LogP contribution in [0.4, 0.5) is 0 Å². The van der Waals surface area contributed by atoms with Gasteiger partial charge in [-0.1, -0.05) is 6.07 Å². The van der Waals surface area contributed by atoms with Crippen LogP contribution >= 0.6 is 0 Å². The van der Waals surface area contributed by atoms with Crippen LogP contribution < -0.4 is 10.1 Å². The Hall–Kier alpha value is -1.13. The van der Waals surface area contributed by atoms with Crippen LogP contribution in [-0.4, -0.2) is 43.2 Å². The molecule has 4 heteroatoms. The fourth-order valence-electron chi connectivity index (χ4n) is 2.26. The largest absolute Gasteiger partial charge is 0.481 e. The molecule has 1 aliphatic heterocycles. The number of hydrogen-bond acceptors (Lipinski definition) is 4. The molecule has 0 bridgehead atoms. The van der Waals surface area contributed by atoms with Gasteiger partial charge >= 0.3 is 0 Å². The maximum Gasteiger partial charge on any atom is 0.212 e. The van der Waals surface area contributed by atoms with E-state index < -0.39 is 0 Å². The molecule has 0 amide bonds. The minimum absolute atomic E-state index is 0.671.